The fourth-order valence-electron chi connectivity index (χ4n) is 2.63. The molecule has 5 heteroatoms. The van der Waals surface area contributed by atoms with Crippen molar-refractivity contribution in [1.29, 1.82) is 0 Å². The molecule has 2 rings (SSSR count). The molecule has 1 atom stereocenters. The molecule has 0 bridgehead atoms. The van der Waals surface area contributed by atoms with Crippen molar-refractivity contribution < 1.29 is 9.90 Å². The fraction of sp³-hybridized carbons (Fsp3) is 0.562. The van der Waals surface area contributed by atoms with Crippen LogP contribution in [0.4, 0.5) is 0 Å². The number of aliphatic hydroxyl groups is 1. The van der Waals surface area contributed by atoms with Gasteiger partial charge in [0.15, 0.2) is 0 Å². The Morgan fingerprint density at radius 2 is 1.81 bits per heavy atom. The maximum Gasteiger partial charge on any atom is 0.234 e. The molecular weight excluding hydrogens is 266 g/mol. The number of likely N-dealkylation sites (N-methyl/N-ethyl adjacent to an activating group) is 1. The van der Waals surface area contributed by atoms with E-state index in [4.69, 9.17) is 0 Å². The zero-order chi connectivity index (χ0) is 15.1. The smallest absolute Gasteiger partial charge is 0.234 e. The van der Waals surface area contributed by atoms with Crippen LogP contribution in [0.15, 0.2) is 30.3 Å². The molecule has 0 aromatic heterocycles. The molecule has 0 spiro atoms. The number of carbonyl (C=O) groups excluding carboxylic acids is 1. The minimum Gasteiger partial charge on any atom is -0.394 e. The van der Waals surface area contributed by atoms with Crippen LogP contribution in [-0.4, -0.2) is 66.7 Å². The van der Waals surface area contributed by atoms with Crippen molar-refractivity contribution >= 4 is 5.91 Å². The van der Waals surface area contributed by atoms with Gasteiger partial charge in [-0.05, 0) is 12.1 Å². The standard InChI is InChI=1S/C16H25N3O2/c1-2-18-8-10-19(11-9-18)12-16(21)17-15(13-20)14-6-4-3-5-7-14/h3-7,15,20H,2,8-13H2,1H3,(H,17,21)/t15-/m0/s1. The molecule has 21 heavy (non-hydrogen) atoms. The van der Waals surface area contributed by atoms with E-state index in [0.29, 0.717) is 6.54 Å². The normalized spacial score (nSPS) is 18.4. The highest BCUT2D eigenvalue weighted by Crippen LogP contribution is 2.11. The SMILES string of the molecule is CCN1CCN(CC(=O)N[C@@H](CO)c2ccccc2)CC1. The summed E-state index contributed by atoms with van der Waals surface area (Å²) >= 11 is 0. The Balaban J connectivity index is 1.81. The Morgan fingerprint density at radius 3 is 2.38 bits per heavy atom. The van der Waals surface area contributed by atoms with E-state index in [1.165, 1.54) is 0 Å². The van der Waals surface area contributed by atoms with Gasteiger partial charge in [-0.1, -0.05) is 37.3 Å². The molecule has 5 nitrogen and oxygen atoms in total. The Morgan fingerprint density at radius 1 is 1.19 bits per heavy atom. The van der Waals surface area contributed by atoms with Crippen molar-refractivity contribution in [2.45, 2.75) is 13.0 Å². The average Bonchev–Trinajstić information content (AvgIpc) is 2.54. The predicted molar refractivity (Wildman–Crippen MR) is 83.0 cm³/mol. The van der Waals surface area contributed by atoms with Crippen LogP contribution in [0.1, 0.15) is 18.5 Å². The first-order chi connectivity index (χ1) is 10.2. The highest BCUT2D eigenvalue weighted by molar-refractivity contribution is 5.78. The summed E-state index contributed by atoms with van der Waals surface area (Å²) in [6, 6.07) is 9.26. The van der Waals surface area contributed by atoms with Crippen molar-refractivity contribution in [3.05, 3.63) is 35.9 Å². The van der Waals surface area contributed by atoms with Crippen LogP contribution in [-0.2, 0) is 4.79 Å². The largest absolute Gasteiger partial charge is 0.394 e. The van der Waals surface area contributed by atoms with E-state index >= 15 is 0 Å². The van der Waals surface area contributed by atoms with Gasteiger partial charge in [-0.2, -0.15) is 0 Å². The van der Waals surface area contributed by atoms with Crippen LogP contribution >= 0.6 is 0 Å². The third-order valence-electron chi connectivity index (χ3n) is 4.00. The second kappa shape index (κ2) is 8.12. The molecule has 1 aliphatic rings. The van der Waals surface area contributed by atoms with Crippen LogP contribution in [0.5, 0.6) is 0 Å². The number of hydrogen-bond donors (Lipinski definition) is 2. The zero-order valence-electron chi connectivity index (χ0n) is 12.7. The second-order valence-electron chi connectivity index (χ2n) is 5.42. The van der Waals surface area contributed by atoms with Gasteiger partial charge >= 0.3 is 0 Å². The molecule has 1 saturated heterocycles. The van der Waals surface area contributed by atoms with Crippen LogP contribution in [0.2, 0.25) is 0 Å². The Hall–Kier alpha value is -1.43. The number of aliphatic hydroxyl groups excluding tert-OH is 1. The zero-order valence-corrected chi connectivity index (χ0v) is 12.7. The molecular formula is C16H25N3O2. The average molecular weight is 291 g/mol. The lowest BCUT2D eigenvalue weighted by molar-refractivity contribution is -0.123. The van der Waals surface area contributed by atoms with Gasteiger partial charge in [0.25, 0.3) is 0 Å². The Labute approximate surface area is 126 Å². The topological polar surface area (TPSA) is 55.8 Å². The van der Waals surface area contributed by atoms with Crippen LogP contribution in [0, 0.1) is 0 Å². The number of rotatable bonds is 6. The van der Waals surface area contributed by atoms with Gasteiger partial charge in [0.05, 0.1) is 19.2 Å². The number of carbonyl (C=O) groups is 1. The summed E-state index contributed by atoms with van der Waals surface area (Å²) in [6.07, 6.45) is 0. The molecule has 1 amide bonds. The molecule has 0 aliphatic carbocycles. The molecule has 2 N–H and O–H groups in total. The molecule has 0 unspecified atom stereocenters. The summed E-state index contributed by atoms with van der Waals surface area (Å²) in [5.41, 5.74) is 0.934. The highest BCUT2D eigenvalue weighted by Gasteiger charge is 2.19. The molecule has 1 aromatic rings. The second-order valence-corrected chi connectivity index (χ2v) is 5.42. The molecule has 1 aliphatic heterocycles. The van der Waals surface area contributed by atoms with Crippen molar-refractivity contribution in [2.75, 3.05) is 45.9 Å². The van der Waals surface area contributed by atoms with Gasteiger partial charge in [-0.3, -0.25) is 9.69 Å². The predicted octanol–water partition coefficient (Wildman–Crippen LogP) is 0.474. The van der Waals surface area contributed by atoms with Gasteiger partial charge < -0.3 is 15.3 Å². The molecule has 1 heterocycles. The Kier molecular flexibility index (Phi) is 6.17. The van der Waals surface area contributed by atoms with Crippen molar-refractivity contribution in [1.82, 2.24) is 15.1 Å². The van der Waals surface area contributed by atoms with Crippen LogP contribution in [0.3, 0.4) is 0 Å². The number of nitrogens with one attached hydrogen (secondary N) is 1. The van der Waals surface area contributed by atoms with E-state index in [2.05, 4.69) is 22.0 Å². The summed E-state index contributed by atoms with van der Waals surface area (Å²) in [5.74, 6) is -0.0251. The van der Waals surface area contributed by atoms with Crippen molar-refractivity contribution in [3.8, 4) is 0 Å². The molecule has 1 aromatic carbocycles. The van der Waals surface area contributed by atoms with Crippen LogP contribution < -0.4 is 5.32 Å². The lowest BCUT2D eigenvalue weighted by atomic mass is 10.1. The summed E-state index contributed by atoms with van der Waals surface area (Å²) < 4.78 is 0. The van der Waals surface area contributed by atoms with Gasteiger partial charge in [0, 0.05) is 26.2 Å². The number of amides is 1. The summed E-state index contributed by atoms with van der Waals surface area (Å²) in [5, 5.41) is 12.4. The first-order valence-electron chi connectivity index (χ1n) is 7.62. The lowest BCUT2D eigenvalue weighted by Crippen LogP contribution is -2.49. The quantitative estimate of drug-likeness (QED) is 0.800. The molecule has 0 saturated carbocycles. The molecule has 0 radical (unpaired) electrons. The third-order valence-corrected chi connectivity index (χ3v) is 4.00. The lowest BCUT2D eigenvalue weighted by Gasteiger charge is -2.33. The maximum atomic E-state index is 12.1. The van der Waals surface area contributed by atoms with Gasteiger partial charge in [-0.25, -0.2) is 0 Å². The maximum absolute atomic E-state index is 12.1. The summed E-state index contributed by atoms with van der Waals surface area (Å²) in [6.45, 7) is 7.44. The minimum atomic E-state index is -0.323. The van der Waals surface area contributed by atoms with Gasteiger partial charge in [0.1, 0.15) is 0 Å². The number of benzene rings is 1. The number of piperazine rings is 1. The number of hydrogen-bond acceptors (Lipinski definition) is 4. The van der Waals surface area contributed by atoms with Crippen LogP contribution in [0.25, 0.3) is 0 Å². The molecule has 1 fully saturated rings. The van der Waals surface area contributed by atoms with Gasteiger partial charge in [0.2, 0.25) is 5.91 Å². The Bertz CT molecular complexity index is 430. The summed E-state index contributed by atoms with van der Waals surface area (Å²) in [7, 11) is 0. The first-order valence-corrected chi connectivity index (χ1v) is 7.62. The fourth-order valence-corrected chi connectivity index (χ4v) is 2.63. The highest BCUT2D eigenvalue weighted by atomic mass is 16.3. The van der Waals surface area contributed by atoms with E-state index in [0.717, 1.165) is 38.3 Å². The van der Waals surface area contributed by atoms with E-state index < -0.39 is 0 Å². The monoisotopic (exact) mass is 291 g/mol. The number of nitrogens with zero attached hydrogens (tertiary/aromatic N) is 2. The van der Waals surface area contributed by atoms with Gasteiger partial charge in [-0.15, -0.1) is 0 Å². The van der Waals surface area contributed by atoms with E-state index in [9.17, 15) is 9.90 Å². The minimum absolute atomic E-state index is 0.0251. The van der Waals surface area contributed by atoms with Crippen molar-refractivity contribution in [3.63, 3.8) is 0 Å². The molecule has 116 valence electrons. The first kappa shape index (κ1) is 15.9. The van der Waals surface area contributed by atoms with Crippen molar-refractivity contribution in [2.24, 2.45) is 0 Å². The van der Waals surface area contributed by atoms with E-state index in [1.807, 2.05) is 30.3 Å². The summed E-state index contributed by atoms with van der Waals surface area (Å²) in [4.78, 5) is 16.7. The third kappa shape index (κ3) is 4.81. The van der Waals surface area contributed by atoms with E-state index in [1.54, 1.807) is 0 Å². The van der Waals surface area contributed by atoms with E-state index in [-0.39, 0.29) is 18.6 Å².